The van der Waals surface area contributed by atoms with E-state index in [0.717, 1.165) is 30.5 Å². The van der Waals surface area contributed by atoms with Crippen molar-refractivity contribution in [3.05, 3.63) is 53.3 Å². The molecule has 0 aliphatic heterocycles. The molecule has 1 aromatic heterocycles. The summed E-state index contributed by atoms with van der Waals surface area (Å²) in [6.45, 7) is 5.38. The zero-order valence-electron chi connectivity index (χ0n) is 16.5. The summed E-state index contributed by atoms with van der Waals surface area (Å²) in [5.74, 6) is -0.909. The van der Waals surface area contributed by atoms with Crippen LogP contribution in [0.15, 0.2) is 36.5 Å². The molecule has 7 nitrogen and oxygen atoms in total. The molecule has 0 radical (unpaired) electrons. The zero-order valence-corrected chi connectivity index (χ0v) is 16.5. The van der Waals surface area contributed by atoms with E-state index in [4.69, 9.17) is 5.11 Å². The van der Waals surface area contributed by atoms with Crippen LogP contribution in [0, 0.1) is 0 Å². The highest BCUT2D eigenvalue weighted by Crippen LogP contribution is 2.26. The normalized spacial score (nSPS) is 18.7. The molecule has 1 amide bonds. The third-order valence-electron chi connectivity index (χ3n) is 5.41. The van der Waals surface area contributed by atoms with Crippen molar-refractivity contribution in [1.29, 1.82) is 0 Å². The molecule has 1 heterocycles. The van der Waals surface area contributed by atoms with Gasteiger partial charge in [-0.3, -0.25) is 19.2 Å². The number of aliphatic carboxylic acids is 1. The van der Waals surface area contributed by atoms with Gasteiger partial charge in [-0.05, 0) is 31.4 Å². The second-order valence-electron chi connectivity index (χ2n) is 7.25. The van der Waals surface area contributed by atoms with E-state index in [1.807, 2.05) is 53.8 Å². The highest BCUT2D eigenvalue weighted by molar-refractivity contribution is 5.95. The minimum Gasteiger partial charge on any atom is -0.480 e. The number of aromatic nitrogens is 2. The van der Waals surface area contributed by atoms with E-state index < -0.39 is 5.97 Å². The van der Waals surface area contributed by atoms with Gasteiger partial charge in [0.2, 0.25) is 0 Å². The summed E-state index contributed by atoms with van der Waals surface area (Å²) in [4.78, 5) is 25.6. The van der Waals surface area contributed by atoms with Gasteiger partial charge in [-0.1, -0.05) is 44.2 Å². The zero-order chi connectivity index (χ0) is 20.1. The number of hydrogen-bond donors (Lipinski definition) is 2. The number of carbonyl (C=O) groups is 2. The molecule has 0 saturated heterocycles. The van der Waals surface area contributed by atoms with Gasteiger partial charge in [0.15, 0.2) is 0 Å². The van der Waals surface area contributed by atoms with Crippen LogP contribution >= 0.6 is 0 Å². The lowest BCUT2D eigenvalue weighted by Crippen LogP contribution is -2.54. The predicted octanol–water partition coefficient (Wildman–Crippen LogP) is 2.16. The van der Waals surface area contributed by atoms with E-state index in [2.05, 4.69) is 10.4 Å². The maximum absolute atomic E-state index is 12.7. The number of rotatable bonds is 9. The first kappa shape index (κ1) is 20.1. The van der Waals surface area contributed by atoms with Crippen LogP contribution in [0.1, 0.15) is 48.3 Å². The van der Waals surface area contributed by atoms with Crippen LogP contribution in [0.25, 0.3) is 0 Å². The first-order valence-corrected chi connectivity index (χ1v) is 9.87. The number of benzene rings is 1. The van der Waals surface area contributed by atoms with Gasteiger partial charge in [-0.2, -0.15) is 5.10 Å². The molecule has 0 bridgehead atoms. The van der Waals surface area contributed by atoms with Crippen molar-refractivity contribution in [1.82, 2.24) is 20.0 Å². The number of amides is 1. The summed E-state index contributed by atoms with van der Waals surface area (Å²) in [6, 6.07) is 10.4. The van der Waals surface area contributed by atoms with Gasteiger partial charge in [0, 0.05) is 12.1 Å². The third-order valence-corrected chi connectivity index (χ3v) is 5.41. The van der Waals surface area contributed by atoms with Gasteiger partial charge >= 0.3 is 5.97 Å². The van der Waals surface area contributed by atoms with Crippen molar-refractivity contribution in [2.75, 3.05) is 13.1 Å². The SMILES string of the molecule is CCc1c(C(=O)NC2CC(N(CC)CC(=O)O)C2)cnn1Cc1ccccc1. The molecule has 2 N–H and O–H groups in total. The summed E-state index contributed by atoms with van der Waals surface area (Å²) in [5.41, 5.74) is 2.70. The Kier molecular flexibility index (Phi) is 6.46. The average molecular weight is 384 g/mol. The van der Waals surface area contributed by atoms with Crippen LogP contribution in [-0.4, -0.2) is 56.8 Å². The maximum atomic E-state index is 12.7. The number of carboxylic acid groups (broad SMARTS) is 1. The van der Waals surface area contributed by atoms with Gasteiger partial charge in [-0.25, -0.2) is 0 Å². The minimum absolute atomic E-state index is 0.0497. The predicted molar refractivity (Wildman–Crippen MR) is 106 cm³/mol. The van der Waals surface area contributed by atoms with E-state index in [1.54, 1.807) is 6.20 Å². The number of carbonyl (C=O) groups excluding carboxylic acids is 1. The molecular weight excluding hydrogens is 356 g/mol. The summed E-state index contributed by atoms with van der Waals surface area (Å²) in [7, 11) is 0. The van der Waals surface area contributed by atoms with Crippen molar-refractivity contribution in [3.8, 4) is 0 Å². The first-order valence-electron chi connectivity index (χ1n) is 9.87. The van der Waals surface area contributed by atoms with Crippen molar-refractivity contribution in [2.24, 2.45) is 0 Å². The van der Waals surface area contributed by atoms with Crippen LogP contribution in [-0.2, 0) is 17.8 Å². The molecule has 150 valence electrons. The molecule has 7 heteroatoms. The molecule has 0 atom stereocenters. The Morgan fingerprint density at radius 3 is 2.57 bits per heavy atom. The molecule has 3 rings (SSSR count). The smallest absolute Gasteiger partial charge is 0.317 e. The minimum atomic E-state index is -0.812. The van der Waals surface area contributed by atoms with Gasteiger partial charge in [0.1, 0.15) is 0 Å². The topological polar surface area (TPSA) is 87.5 Å². The lowest BCUT2D eigenvalue weighted by atomic mass is 9.85. The standard InChI is InChI=1S/C21H28N4O3/c1-3-19-18(12-22-25(19)13-15-8-6-5-7-9-15)21(28)23-16-10-17(11-16)24(4-2)14-20(26)27/h5-9,12,16-17H,3-4,10-11,13-14H2,1-2H3,(H,23,28)(H,26,27). The number of nitrogens with zero attached hydrogens (tertiary/aromatic N) is 3. The Morgan fingerprint density at radius 1 is 1.25 bits per heavy atom. The second-order valence-corrected chi connectivity index (χ2v) is 7.25. The summed E-state index contributed by atoms with van der Waals surface area (Å²) in [5, 5.41) is 16.5. The number of likely N-dealkylation sites (N-methyl/N-ethyl adjacent to an activating group) is 1. The Bertz CT molecular complexity index is 812. The van der Waals surface area contributed by atoms with Crippen LogP contribution < -0.4 is 5.32 Å². The van der Waals surface area contributed by atoms with E-state index in [0.29, 0.717) is 18.7 Å². The van der Waals surface area contributed by atoms with Crippen LogP contribution in [0.5, 0.6) is 0 Å². The summed E-state index contributed by atoms with van der Waals surface area (Å²) >= 11 is 0. The van der Waals surface area contributed by atoms with Gasteiger partial charge in [0.25, 0.3) is 5.91 Å². The van der Waals surface area contributed by atoms with E-state index in [1.165, 1.54) is 0 Å². The maximum Gasteiger partial charge on any atom is 0.317 e. The van der Waals surface area contributed by atoms with Gasteiger partial charge in [-0.15, -0.1) is 0 Å². The average Bonchev–Trinajstić information content (AvgIpc) is 3.05. The largest absolute Gasteiger partial charge is 0.480 e. The van der Waals surface area contributed by atoms with Crippen molar-refractivity contribution in [3.63, 3.8) is 0 Å². The summed E-state index contributed by atoms with van der Waals surface area (Å²) < 4.78 is 1.89. The van der Waals surface area contributed by atoms with Crippen molar-refractivity contribution in [2.45, 2.75) is 51.7 Å². The Balaban J connectivity index is 1.59. The molecular formula is C21H28N4O3. The Morgan fingerprint density at radius 2 is 1.96 bits per heavy atom. The Hall–Kier alpha value is -2.67. The molecule has 1 saturated carbocycles. The molecule has 1 fully saturated rings. The quantitative estimate of drug-likeness (QED) is 0.692. The fourth-order valence-electron chi connectivity index (χ4n) is 3.81. The van der Waals surface area contributed by atoms with E-state index >= 15 is 0 Å². The van der Waals surface area contributed by atoms with E-state index in [9.17, 15) is 9.59 Å². The van der Waals surface area contributed by atoms with Gasteiger partial charge < -0.3 is 10.4 Å². The first-order chi connectivity index (χ1) is 13.5. The van der Waals surface area contributed by atoms with E-state index in [-0.39, 0.29) is 24.5 Å². The fourth-order valence-corrected chi connectivity index (χ4v) is 3.81. The fraction of sp³-hybridized carbons (Fsp3) is 0.476. The number of nitrogens with one attached hydrogen (secondary N) is 1. The summed E-state index contributed by atoms with van der Waals surface area (Å²) in [6.07, 6.45) is 3.94. The molecule has 1 aliphatic carbocycles. The highest BCUT2D eigenvalue weighted by Gasteiger charge is 2.35. The highest BCUT2D eigenvalue weighted by atomic mass is 16.4. The Labute approximate surface area is 165 Å². The van der Waals surface area contributed by atoms with Crippen molar-refractivity contribution < 1.29 is 14.7 Å². The van der Waals surface area contributed by atoms with Crippen LogP contribution in [0.2, 0.25) is 0 Å². The molecule has 0 spiro atoms. The number of hydrogen-bond acceptors (Lipinski definition) is 4. The molecule has 28 heavy (non-hydrogen) atoms. The molecule has 1 aliphatic rings. The lowest BCUT2D eigenvalue weighted by molar-refractivity contribution is -0.139. The number of carboxylic acids is 1. The third kappa shape index (κ3) is 4.59. The molecule has 1 aromatic carbocycles. The molecule has 0 unspecified atom stereocenters. The van der Waals surface area contributed by atoms with Gasteiger partial charge in [0.05, 0.1) is 30.5 Å². The second kappa shape index (κ2) is 9.01. The molecule has 2 aromatic rings. The van der Waals surface area contributed by atoms with Crippen LogP contribution in [0.4, 0.5) is 0 Å². The monoisotopic (exact) mass is 384 g/mol. The van der Waals surface area contributed by atoms with Crippen molar-refractivity contribution >= 4 is 11.9 Å². The lowest BCUT2D eigenvalue weighted by Gasteiger charge is -2.42. The van der Waals surface area contributed by atoms with Crippen LogP contribution in [0.3, 0.4) is 0 Å².